The molecule has 19 heavy (non-hydrogen) atoms. The zero-order valence-electron chi connectivity index (χ0n) is 9.99. The quantitative estimate of drug-likeness (QED) is 0.890. The van der Waals surface area contributed by atoms with Gasteiger partial charge in [-0.1, -0.05) is 23.7 Å². The Balaban J connectivity index is 2.07. The zero-order valence-corrected chi connectivity index (χ0v) is 12.3. The molecule has 5 heteroatoms. The lowest BCUT2D eigenvalue weighted by molar-refractivity contribution is 0.100. The molecule has 2 aromatic carbocycles. The number of carbonyl (C=O) groups excluding carboxylic acids is 1. The number of anilines is 1. The van der Waals surface area contributed by atoms with Crippen molar-refractivity contribution < 1.29 is 4.79 Å². The third kappa shape index (κ3) is 3.72. The summed E-state index contributed by atoms with van der Waals surface area (Å²) in [5, 5.41) is 3.91. The predicted molar refractivity (Wildman–Crippen MR) is 81.4 cm³/mol. The fraction of sp³-hybridized carbons (Fsp3) is 0.0714. The van der Waals surface area contributed by atoms with Crippen molar-refractivity contribution >= 4 is 39.1 Å². The highest BCUT2D eigenvalue weighted by Crippen LogP contribution is 2.23. The first-order valence-electron chi connectivity index (χ1n) is 5.64. The van der Waals surface area contributed by atoms with Crippen LogP contribution in [0.15, 0.2) is 46.9 Å². The monoisotopic (exact) mass is 338 g/mol. The molecule has 3 N–H and O–H groups in total. The molecule has 1 amide bonds. The van der Waals surface area contributed by atoms with Gasteiger partial charge in [0.1, 0.15) is 0 Å². The largest absolute Gasteiger partial charge is 0.381 e. The Morgan fingerprint density at radius 3 is 2.74 bits per heavy atom. The molecule has 0 fully saturated rings. The van der Waals surface area contributed by atoms with E-state index in [1.54, 1.807) is 18.2 Å². The Hall–Kier alpha value is -1.52. The Morgan fingerprint density at radius 2 is 2.05 bits per heavy atom. The molecule has 0 unspecified atom stereocenters. The van der Waals surface area contributed by atoms with Gasteiger partial charge in [0.05, 0.1) is 5.02 Å². The number of carbonyl (C=O) groups is 1. The Kier molecular flexibility index (Phi) is 4.45. The van der Waals surface area contributed by atoms with Gasteiger partial charge < -0.3 is 11.1 Å². The van der Waals surface area contributed by atoms with Crippen molar-refractivity contribution in [3.05, 3.63) is 63.1 Å². The molecular formula is C14H12BrClN2O. The van der Waals surface area contributed by atoms with Gasteiger partial charge in [-0.05, 0) is 51.8 Å². The second-order valence-corrected chi connectivity index (χ2v) is 5.31. The molecule has 0 aliphatic heterocycles. The van der Waals surface area contributed by atoms with Gasteiger partial charge in [0.2, 0.25) is 5.91 Å². The van der Waals surface area contributed by atoms with Crippen molar-refractivity contribution in [1.82, 2.24) is 0 Å². The number of nitrogens with one attached hydrogen (secondary N) is 1. The van der Waals surface area contributed by atoms with Gasteiger partial charge in [-0.15, -0.1) is 0 Å². The molecule has 2 aromatic rings. The summed E-state index contributed by atoms with van der Waals surface area (Å²) in [4.78, 5) is 11.1. The van der Waals surface area contributed by atoms with Crippen molar-refractivity contribution in [3.8, 4) is 0 Å². The van der Waals surface area contributed by atoms with E-state index in [-0.39, 0.29) is 0 Å². The summed E-state index contributed by atoms with van der Waals surface area (Å²) in [6.45, 7) is 0.637. The second kappa shape index (κ2) is 6.08. The smallest absolute Gasteiger partial charge is 0.248 e. The highest BCUT2D eigenvalue weighted by Gasteiger charge is 2.02. The molecule has 0 saturated heterocycles. The molecule has 0 aliphatic rings. The minimum Gasteiger partial charge on any atom is -0.381 e. The van der Waals surface area contributed by atoms with Crippen LogP contribution in [-0.2, 0) is 6.54 Å². The number of primary amides is 1. The first kappa shape index (κ1) is 13.9. The molecule has 0 aliphatic carbocycles. The highest BCUT2D eigenvalue weighted by atomic mass is 79.9. The molecule has 0 saturated carbocycles. The molecular weight excluding hydrogens is 328 g/mol. The predicted octanol–water partition coefficient (Wildman–Crippen LogP) is 3.81. The van der Waals surface area contributed by atoms with E-state index in [0.717, 1.165) is 15.7 Å². The minimum absolute atomic E-state index is 0.433. The molecule has 0 bridgehead atoms. The zero-order chi connectivity index (χ0) is 13.8. The number of amides is 1. The molecule has 0 heterocycles. The van der Waals surface area contributed by atoms with Gasteiger partial charge in [-0.3, -0.25) is 4.79 Å². The van der Waals surface area contributed by atoms with Crippen LogP contribution in [0.2, 0.25) is 5.02 Å². The van der Waals surface area contributed by atoms with E-state index in [1.165, 1.54) is 0 Å². The number of benzene rings is 2. The lowest BCUT2D eigenvalue weighted by Crippen LogP contribution is -2.11. The van der Waals surface area contributed by atoms with E-state index in [4.69, 9.17) is 17.3 Å². The van der Waals surface area contributed by atoms with Crippen LogP contribution in [0.25, 0.3) is 0 Å². The van der Waals surface area contributed by atoms with Crippen molar-refractivity contribution in [2.45, 2.75) is 6.54 Å². The van der Waals surface area contributed by atoms with Crippen molar-refractivity contribution in [3.63, 3.8) is 0 Å². The van der Waals surface area contributed by atoms with Crippen LogP contribution in [0.1, 0.15) is 15.9 Å². The number of nitrogens with two attached hydrogens (primary N) is 1. The first-order valence-corrected chi connectivity index (χ1v) is 6.81. The third-order valence-electron chi connectivity index (χ3n) is 2.63. The SMILES string of the molecule is NC(=O)c1cccc(NCc2ccc(Cl)c(Br)c2)c1. The molecule has 0 aromatic heterocycles. The van der Waals surface area contributed by atoms with E-state index in [2.05, 4.69) is 21.2 Å². The fourth-order valence-corrected chi connectivity index (χ4v) is 2.18. The van der Waals surface area contributed by atoms with E-state index in [1.807, 2.05) is 24.3 Å². The van der Waals surface area contributed by atoms with E-state index >= 15 is 0 Å². The van der Waals surface area contributed by atoms with E-state index < -0.39 is 5.91 Å². The number of hydrogen-bond donors (Lipinski definition) is 2. The van der Waals surface area contributed by atoms with Crippen LogP contribution in [0, 0.1) is 0 Å². The van der Waals surface area contributed by atoms with Crippen LogP contribution in [0.4, 0.5) is 5.69 Å². The maximum atomic E-state index is 11.1. The normalized spacial score (nSPS) is 10.2. The number of halogens is 2. The van der Waals surface area contributed by atoms with Gasteiger partial charge in [-0.25, -0.2) is 0 Å². The Bertz CT molecular complexity index is 616. The Morgan fingerprint density at radius 1 is 1.26 bits per heavy atom. The van der Waals surface area contributed by atoms with Crippen LogP contribution in [0.5, 0.6) is 0 Å². The standard InChI is InChI=1S/C14H12BrClN2O/c15-12-6-9(4-5-13(12)16)8-18-11-3-1-2-10(7-11)14(17)19/h1-7,18H,8H2,(H2,17,19). The van der Waals surface area contributed by atoms with Gasteiger partial charge in [0.15, 0.2) is 0 Å². The Labute approximate surface area is 124 Å². The summed E-state index contributed by atoms with van der Waals surface area (Å²) in [5.74, 6) is -0.433. The average Bonchev–Trinajstić information content (AvgIpc) is 2.40. The van der Waals surface area contributed by atoms with Gasteiger partial charge in [-0.2, -0.15) is 0 Å². The lowest BCUT2D eigenvalue weighted by Gasteiger charge is -2.08. The molecule has 0 radical (unpaired) electrons. The second-order valence-electron chi connectivity index (χ2n) is 4.05. The topological polar surface area (TPSA) is 55.1 Å². The number of rotatable bonds is 4. The lowest BCUT2D eigenvalue weighted by atomic mass is 10.2. The third-order valence-corrected chi connectivity index (χ3v) is 3.84. The summed E-state index contributed by atoms with van der Waals surface area (Å²) < 4.78 is 0.861. The molecule has 3 nitrogen and oxygen atoms in total. The minimum atomic E-state index is -0.433. The van der Waals surface area contributed by atoms with E-state index in [0.29, 0.717) is 17.1 Å². The van der Waals surface area contributed by atoms with Crippen LogP contribution >= 0.6 is 27.5 Å². The average molecular weight is 340 g/mol. The summed E-state index contributed by atoms with van der Waals surface area (Å²) in [6, 6.07) is 12.8. The fourth-order valence-electron chi connectivity index (χ4n) is 1.64. The molecule has 0 atom stereocenters. The van der Waals surface area contributed by atoms with E-state index in [9.17, 15) is 4.79 Å². The van der Waals surface area contributed by atoms with Crippen LogP contribution in [0.3, 0.4) is 0 Å². The summed E-state index contributed by atoms with van der Waals surface area (Å²) in [5.41, 5.74) is 7.66. The first-order chi connectivity index (χ1) is 9.06. The molecule has 0 spiro atoms. The maximum Gasteiger partial charge on any atom is 0.248 e. The maximum absolute atomic E-state index is 11.1. The molecule has 98 valence electrons. The number of hydrogen-bond acceptors (Lipinski definition) is 2. The van der Waals surface area contributed by atoms with Gasteiger partial charge in [0, 0.05) is 22.3 Å². The summed E-state index contributed by atoms with van der Waals surface area (Å²) in [7, 11) is 0. The van der Waals surface area contributed by atoms with Crippen molar-refractivity contribution in [2.75, 3.05) is 5.32 Å². The molecule has 2 rings (SSSR count). The van der Waals surface area contributed by atoms with Gasteiger partial charge in [0.25, 0.3) is 0 Å². The van der Waals surface area contributed by atoms with Crippen molar-refractivity contribution in [2.24, 2.45) is 5.73 Å². The van der Waals surface area contributed by atoms with Gasteiger partial charge >= 0.3 is 0 Å². The highest BCUT2D eigenvalue weighted by molar-refractivity contribution is 9.10. The van der Waals surface area contributed by atoms with Crippen molar-refractivity contribution in [1.29, 1.82) is 0 Å². The van der Waals surface area contributed by atoms with Crippen LogP contribution in [-0.4, -0.2) is 5.91 Å². The summed E-state index contributed by atoms with van der Waals surface area (Å²) >= 11 is 9.32. The van der Waals surface area contributed by atoms with Crippen LogP contribution < -0.4 is 11.1 Å². The summed E-state index contributed by atoms with van der Waals surface area (Å²) in [6.07, 6.45) is 0.